The van der Waals surface area contributed by atoms with Gasteiger partial charge in [-0.25, -0.2) is 0 Å². The van der Waals surface area contributed by atoms with E-state index in [9.17, 15) is 5.11 Å². The summed E-state index contributed by atoms with van der Waals surface area (Å²) in [6, 6.07) is 10.4. The SMILES string of the molecule is O[C@H](CN[C@@H]1CCc2c(Br)cccc21)c1ccncc1. The smallest absolute Gasteiger partial charge is 0.0915 e. The molecule has 0 aliphatic heterocycles. The highest BCUT2D eigenvalue weighted by Crippen LogP contribution is 2.35. The van der Waals surface area contributed by atoms with Crippen molar-refractivity contribution in [2.24, 2.45) is 0 Å². The molecule has 0 bridgehead atoms. The van der Waals surface area contributed by atoms with E-state index in [1.54, 1.807) is 12.4 Å². The largest absolute Gasteiger partial charge is 0.387 e. The second-order valence-electron chi connectivity index (χ2n) is 5.10. The minimum absolute atomic E-state index is 0.332. The van der Waals surface area contributed by atoms with Gasteiger partial charge in [-0.3, -0.25) is 4.98 Å². The van der Waals surface area contributed by atoms with Gasteiger partial charge in [-0.2, -0.15) is 0 Å². The number of nitrogens with zero attached hydrogens (tertiary/aromatic N) is 1. The Morgan fingerprint density at radius 1 is 1.30 bits per heavy atom. The van der Waals surface area contributed by atoms with Crippen LogP contribution in [-0.4, -0.2) is 16.6 Å². The molecule has 0 unspecified atom stereocenters. The highest BCUT2D eigenvalue weighted by atomic mass is 79.9. The first kappa shape index (κ1) is 13.7. The molecule has 2 aromatic rings. The van der Waals surface area contributed by atoms with E-state index in [0.717, 1.165) is 18.4 Å². The molecule has 0 spiro atoms. The van der Waals surface area contributed by atoms with Gasteiger partial charge in [-0.15, -0.1) is 0 Å². The van der Waals surface area contributed by atoms with E-state index in [1.807, 2.05) is 12.1 Å². The summed E-state index contributed by atoms with van der Waals surface area (Å²) in [6.07, 6.45) is 5.09. The van der Waals surface area contributed by atoms with Gasteiger partial charge in [0.2, 0.25) is 0 Å². The van der Waals surface area contributed by atoms with Crippen LogP contribution >= 0.6 is 15.9 Å². The normalized spacial score (nSPS) is 18.8. The summed E-state index contributed by atoms with van der Waals surface area (Å²) < 4.78 is 1.19. The van der Waals surface area contributed by atoms with Crippen molar-refractivity contribution in [1.82, 2.24) is 10.3 Å². The number of halogens is 1. The Morgan fingerprint density at radius 2 is 2.10 bits per heavy atom. The van der Waals surface area contributed by atoms with Crippen molar-refractivity contribution >= 4 is 15.9 Å². The maximum atomic E-state index is 10.2. The van der Waals surface area contributed by atoms with Crippen LogP contribution < -0.4 is 5.32 Å². The lowest BCUT2D eigenvalue weighted by Crippen LogP contribution is -2.25. The Bertz CT molecular complexity index is 588. The number of aliphatic hydroxyl groups excluding tert-OH is 1. The third kappa shape index (κ3) is 2.77. The molecule has 0 saturated carbocycles. The zero-order valence-electron chi connectivity index (χ0n) is 11.1. The van der Waals surface area contributed by atoms with Gasteiger partial charge in [-0.1, -0.05) is 28.1 Å². The molecular weight excluding hydrogens is 316 g/mol. The summed E-state index contributed by atoms with van der Waals surface area (Å²) in [5.41, 5.74) is 3.64. The number of fused-ring (bicyclic) bond motifs is 1. The number of hydrogen-bond donors (Lipinski definition) is 2. The summed E-state index contributed by atoms with van der Waals surface area (Å²) in [5, 5.41) is 13.7. The van der Waals surface area contributed by atoms with Gasteiger partial charge in [-0.05, 0) is 47.7 Å². The van der Waals surface area contributed by atoms with E-state index in [-0.39, 0.29) is 0 Å². The molecule has 1 heterocycles. The second-order valence-corrected chi connectivity index (χ2v) is 5.96. The van der Waals surface area contributed by atoms with Crippen LogP contribution in [-0.2, 0) is 6.42 Å². The van der Waals surface area contributed by atoms with Gasteiger partial charge in [0.1, 0.15) is 0 Å². The third-order valence-corrected chi connectivity index (χ3v) is 4.60. The fraction of sp³-hybridized carbons (Fsp3) is 0.312. The molecule has 0 fully saturated rings. The Labute approximate surface area is 127 Å². The van der Waals surface area contributed by atoms with Crippen molar-refractivity contribution in [2.75, 3.05) is 6.54 Å². The van der Waals surface area contributed by atoms with Crippen molar-refractivity contribution in [1.29, 1.82) is 0 Å². The fourth-order valence-electron chi connectivity index (χ4n) is 2.78. The Kier molecular flexibility index (Phi) is 4.15. The molecule has 2 N–H and O–H groups in total. The molecule has 0 amide bonds. The fourth-order valence-corrected chi connectivity index (χ4v) is 3.36. The summed E-state index contributed by atoms with van der Waals surface area (Å²) in [5.74, 6) is 0. The van der Waals surface area contributed by atoms with Crippen molar-refractivity contribution in [3.8, 4) is 0 Å². The van der Waals surface area contributed by atoms with Gasteiger partial charge >= 0.3 is 0 Å². The van der Waals surface area contributed by atoms with Gasteiger partial charge in [0, 0.05) is 29.5 Å². The lowest BCUT2D eigenvalue weighted by molar-refractivity contribution is 0.169. The van der Waals surface area contributed by atoms with Crippen molar-refractivity contribution < 1.29 is 5.11 Å². The molecule has 1 aromatic heterocycles. The Hall–Kier alpha value is -1.23. The lowest BCUT2D eigenvalue weighted by atomic mass is 10.1. The first-order valence-electron chi connectivity index (χ1n) is 6.84. The molecule has 0 saturated heterocycles. The monoisotopic (exact) mass is 332 g/mol. The molecular formula is C16H17BrN2O. The Balaban J connectivity index is 1.65. The average Bonchev–Trinajstić information content (AvgIpc) is 2.90. The summed E-state index contributed by atoms with van der Waals surface area (Å²) in [7, 11) is 0. The number of hydrogen-bond acceptors (Lipinski definition) is 3. The second kappa shape index (κ2) is 6.04. The van der Waals surface area contributed by atoms with Crippen LogP contribution in [0.25, 0.3) is 0 Å². The van der Waals surface area contributed by atoms with Crippen LogP contribution in [0.5, 0.6) is 0 Å². The number of aromatic nitrogens is 1. The van der Waals surface area contributed by atoms with Gasteiger partial charge in [0.15, 0.2) is 0 Å². The molecule has 3 nitrogen and oxygen atoms in total. The zero-order chi connectivity index (χ0) is 13.9. The maximum Gasteiger partial charge on any atom is 0.0915 e. The summed E-state index contributed by atoms with van der Waals surface area (Å²) in [4.78, 5) is 3.97. The minimum atomic E-state index is -0.491. The zero-order valence-corrected chi connectivity index (χ0v) is 12.7. The van der Waals surface area contributed by atoms with Crippen LogP contribution in [0.4, 0.5) is 0 Å². The minimum Gasteiger partial charge on any atom is -0.387 e. The number of benzene rings is 1. The molecule has 1 aromatic carbocycles. The molecule has 0 radical (unpaired) electrons. The van der Waals surface area contributed by atoms with Gasteiger partial charge in [0.25, 0.3) is 0 Å². The van der Waals surface area contributed by atoms with Crippen molar-refractivity contribution in [3.05, 3.63) is 63.9 Å². The molecule has 1 aliphatic rings. The van der Waals surface area contributed by atoms with Crippen LogP contribution in [0.15, 0.2) is 47.2 Å². The van der Waals surface area contributed by atoms with Crippen LogP contribution in [0.1, 0.15) is 35.3 Å². The van der Waals surface area contributed by atoms with Crippen molar-refractivity contribution in [3.63, 3.8) is 0 Å². The summed E-state index contributed by atoms with van der Waals surface area (Å²) in [6.45, 7) is 0.556. The van der Waals surface area contributed by atoms with Crippen LogP contribution in [0, 0.1) is 0 Å². The number of pyridine rings is 1. The lowest BCUT2D eigenvalue weighted by Gasteiger charge is -2.17. The van der Waals surface area contributed by atoms with Crippen LogP contribution in [0.3, 0.4) is 0 Å². The average molecular weight is 333 g/mol. The number of nitrogens with one attached hydrogen (secondary N) is 1. The molecule has 3 rings (SSSR count). The predicted molar refractivity (Wildman–Crippen MR) is 82.4 cm³/mol. The highest BCUT2D eigenvalue weighted by Gasteiger charge is 2.24. The molecule has 2 atom stereocenters. The predicted octanol–water partition coefficient (Wildman–Crippen LogP) is 3.15. The van der Waals surface area contributed by atoms with Crippen LogP contribution in [0.2, 0.25) is 0 Å². The van der Waals surface area contributed by atoms with E-state index in [1.165, 1.54) is 15.6 Å². The highest BCUT2D eigenvalue weighted by molar-refractivity contribution is 9.10. The van der Waals surface area contributed by atoms with E-state index in [2.05, 4.69) is 44.4 Å². The topological polar surface area (TPSA) is 45.1 Å². The van der Waals surface area contributed by atoms with E-state index in [4.69, 9.17) is 0 Å². The van der Waals surface area contributed by atoms with E-state index >= 15 is 0 Å². The summed E-state index contributed by atoms with van der Waals surface area (Å²) >= 11 is 3.61. The third-order valence-electron chi connectivity index (χ3n) is 3.86. The first-order valence-corrected chi connectivity index (χ1v) is 7.63. The molecule has 104 valence electrons. The van der Waals surface area contributed by atoms with E-state index in [0.29, 0.717) is 12.6 Å². The molecule has 20 heavy (non-hydrogen) atoms. The van der Waals surface area contributed by atoms with Crippen molar-refractivity contribution in [2.45, 2.75) is 25.0 Å². The maximum absolute atomic E-state index is 10.2. The molecule has 1 aliphatic carbocycles. The van der Waals surface area contributed by atoms with Gasteiger partial charge in [0.05, 0.1) is 6.10 Å². The molecule has 4 heteroatoms. The Morgan fingerprint density at radius 3 is 2.90 bits per heavy atom. The number of rotatable bonds is 4. The first-order chi connectivity index (χ1) is 9.75. The quantitative estimate of drug-likeness (QED) is 0.903. The van der Waals surface area contributed by atoms with E-state index < -0.39 is 6.10 Å². The van der Waals surface area contributed by atoms with Gasteiger partial charge < -0.3 is 10.4 Å². The number of aliphatic hydroxyl groups is 1. The standard InChI is InChI=1S/C16H17BrN2O/c17-14-3-1-2-13-12(14)4-5-15(13)19-10-16(20)11-6-8-18-9-7-11/h1-3,6-9,15-16,19-20H,4-5,10H2/t15-,16-/m1/s1.